The summed E-state index contributed by atoms with van der Waals surface area (Å²) >= 11 is 0. The van der Waals surface area contributed by atoms with E-state index in [-0.39, 0.29) is 5.91 Å². The third-order valence-corrected chi connectivity index (χ3v) is 3.96. The highest BCUT2D eigenvalue weighted by Gasteiger charge is 2.21. The minimum absolute atomic E-state index is 0.0481. The standard InChI is InChI=1S/C15H24N4O/c1-4-12(3)18-15-16-9-13(10-17-15)14(20)19-7-5-11(2)6-8-19/h9-12H,4-8H2,1-3H3,(H,16,17,18). The number of likely N-dealkylation sites (tertiary alicyclic amines) is 1. The molecule has 0 bridgehead atoms. The topological polar surface area (TPSA) is 58.1 Å². The Morgan fingerprint density at radius 3 is 2.55 bits per heavy atom. The Morgan fingerprint density at radius 2 is 2.00 bits per heavy atom. The Morgan fingerprint density at radius 1 is 1.40 bits per heavy atom. The summed E-state index contributed by atoms with van der Waals surface area (Å²) in [4.78, 5) is 22.7. The van der Waals surface area contributed by atoms with Crippen LogP contribution in [0.15, 0.2) is 12.4 Å². The van der Waals surface area contributed by atoms with Crippen molar-refractivity contribution in [3.05, 3.63) is 18.0 Å². The number of rotatable bonds is 4. The van der Waals surface area contributed by atoms with Gasteiger partial charge in [0.05, 0.1) is 5.56 Å². The zero-order valence-electron chi connectivity index (χ0n) is 12.6. The molecule has 1 aromatic heterocycles. The lowest BCUT2D eigenvalue weighted by atomic mass is 9.99. The van der Waals surface area contributed by atoms with E-state index in [1.54, 1.807) is 12.4 Å². The van der Waals surface area contributed by atoms with Gasteiger partial charge in [0.15, 0.2) is 0 Å². The van der Waals surface area contributed by atoms with Gasteiger partial charge in [-0.15, -0.1) is 0 Å². The molecule has 1 amide bonds. The zero-order valence-corrected chi connectivity index (χ0v) is 12.6. The van der Waals surface area contributed by atoms with E-state index in [1.807, 2.05) is 4.90 Å². The van der Waals surface area contributed by atoms with Gasteiger partial charge < -0.3 is 10.2 Å². The van der Waals surface area contributed by atoms with Gasteiger partial charge in [-0.25, -0.2) is 9.97 Å². The first-order valence-electron chi connectivity index (χ1n) is 7.48. The lowest BCUT2D eigenvalue weighted by Crippen LogP contribution is -2.38. The van der Waals surface area contributed by atoms with Crippen molar-refractivity contribution in [1.82, 2.24) is 14.9 Å². The van der Waals surface area contributed by atoms with Crippen LogP contribution in [0.1, 0.15) is 50.4 Å². The Labute approximate surface area is 120 Å². The molecular weight excluding hydrogens is 252 g/mol. The number of aromatic nitrogens is 2. The van der Waals surface area contributed by atoms with Crippen LogP contribution in [0.25, 0.3) is 0 Å². The molecule has 5 heteroatoms. The zero-order chi connectivity index (χ0) is 14.5. The van der Waals surface area contributed by atoms with Gasteiger partial charge in [-0.2, -0.15) is 0 Å². The van der Waals surface area contributed by atoms with E-state index in [2.05, 4.69) is 36.1 Å². The van der Waals surface area contributed by atoms with Crippen LogP contribution in [0.3, 0.4) is 0 Å². The van der Waals surface area contributed by atoms with Crippen LogP contribution in [0.4, 0.5) is 5.95 Å². The predicted molar refractivity (Wildman–Crippen MR) is 79.7 cm³/mol. The maximum Gasteiger partial charge on any atom is 0.256 e. The highest BCUT2D eigenvalue weighted by molar-refractivity contribution is 5.93. The fourth-order valence-corrected chi connectivity index (χ4v) is 2.23. The molecule has 1 fully saturated rings. The molecule has 2 heterocycles. The van der Waals surface area contributed by atoms with Crippen molar-refractivity contribution in [3.63, 3.8) is 0 Å². The number of carbonyl (C=O) groups excluding carboxylic acids is 1. The Balaban J connectivity index is 1.97. The van der Waals surface area contributed by atoms with E-state index in [0.717, 1.165) is 38.3 Å². The largest absolute Gasteiger partial charge is 0.352 e. The average Bonchev–Trinajstić information content (AvgIpc) is 2.48. The van der Waals surface area contributed by atoms with Gasteiger partial charge in [-0.05, 0) is 32.1 Å². The van der Waals surface area contributed by atoms with E-state index < -0.39 is 0 Å². The van der Waals surface area contributed by atoms with Crippen molar-refractivity contribution in [2.45, 2.75) is 46.1 Å². The van der Waals surface area contributed by atoms with E-state index in [4.69, 9.17) is 0 Å². The summed E-state index contributed by atoms with van der Waals surface area (Å²) in [6.07, 6.45) is 6.42. The van der Waals surface area contributed by atoms with Crippen LogP contribution in [-0.2, 0) is 0 Å². The highest BCUT2D eigenvalue weighted by atomic mass is 16.2. The number of hydrogen-bond acceptors (Lipinski definition) is 4. The molecule has 20 heavy (non-hydrogen) atoms. The fraction of sp³-hybridized carbons (Fsp3) is 0.667. The molecule has 1 aliphatic heterocycles. The molecular formula is C15H24N4O. The van der Waals surface area contributed by atoms with Crippen LogP contribution in [-0.4, -0.2) is 39.9 Å². The maximum atomic E-state index is 12.3. The summed E-state index contributed by atoms with van der Waals surface area (Å²) in [5.41, 5.74) is 0.578. The number of amides is 1. The summed E-state index contributed by atoms with van der Waals surface area (Å²) in [6.45, 7) is 8.10. The Hall–Kier alpha value is -1.65. The summed E-state index contributed by atoms with van der Waals surface area (Å²) in [6, 6.07) is 0.333. The van der Waals surface area contributed by atoms with Gasteiger partial charge in [0.1, 0.15) is 0 Å². The van der Waals surface area contributed by atoms with Crippen molar-refractivity contribution < 1.29 is 4.79 Å². The van der Waals surface area contributed by atoms with E-state index >= 15 is 0 Å². The molecule has 2 rings (SSSR count). The van der Waals surface area contributed by atoms with Crippen LogP contribution >= 0.6 is 0 Å². The number of hydrogen-bond donors (Lipinski definition) is 1. The van der Waals surface area contributed by atoms with Gasteiger partial charge in [0.25, 0.3) is 5.91 Å². The third-order valence-electron chi connectivity index (χ3n) is 3.96. The smallest absolute Gasteiger partial charge is 0.256 e. The minimum Gasteiger partial charge on any atom is -0.352 e. The summed E-state index contributed by atoms with van der Waals surface area (Å²) in [5.74, 6) is 1.35. The molecule has 0 spiro atoms. The summed E-state index contributed by atoms with van der Waals surface area (Å²) in [7, 11) is 0. The molecule has 0 aromatic carbocycles. The number of anilines is 1. The molecule has 110 valence electrons. The first kappa shape index (κ1) is 14.8. The van der Waals surface area contributed by atoms with Crippen LogP contribution in [0, 0.1) is 5.92 Å². The molecule has 5 nitrogen and oxygen atoms in total. The van der Waals surface area contributed by atoms with Gasteiger partial charge in [0, 0.05) is 31.5 Å². The number of piperidine rings is 1. The van der Waals surface area contributed by atoms with Crippen molar-refractivity contribution in [3.8, 4) is 0 Å². The van der Waals surface area contributed by atoms with E-state index in [0.29, 0.717) is 17.6 Å². The maximum absolute atomic E-state index is 12.3. The summed E-state index contributed by atoms with van der Waals surface area (Å²) < 4.78 is 0. The lowest BCUT2D eigenvalue weighted by molar-refractivity contribution is 0.0696. The van der Waals surface area contributed by atoms with Crippen molar-refractivity contribution in [2.75, 3.05) is 18.4 Å². The van der Waals surface area contributed by atoms with E-state index in [1.165, 1.54) is 0 Å². The van der Waals surface area contributed by atoms with Gasteiger partial charge in [-0.1, -0.05) is 13.8 Å². The van der Waals surface area contributed by atoms with Gasteiger partial charge in [0.2, 0.25) is 5.95 Å². The molecule has 0 aliphatic carbocycles. The van der Waals surface area contributed by atoms with Gasteiger partial charge >= 0.3 is 0 Å². The van der Waals surface area contributed by atoms with Crippen molar-refractivity contribution in [2.24, 2.45) is 5.92 Å². The first-order chi connectivity index (χ1) is 9.60. The monoisotopic (exact) mass is 276 g/mol. The van der Waals surface area contributed by atoms with Crippen LogP contribution < -0.4 is 5.32 Å². The minimum atomic E-state index is 0.0481. The average molecular weight is 276 g/mol. The number of carbonyl (C=O) groups is 1. The second-order valence-electron chi connectivity index (χ2n) is 5.72. The second-order valence-corrected chi connectivity index (χ2v) is 5.72. The quantitative estimate of drug-likeness (QED) is 0.918. The molecule has 0 saturated carbocycles. The van der Waals surface area contributed by atoms with Crippen molar-refractivity contribution in [1.29, 1.82) is 0 Å². The third kappa shape index (κ3) is 3.68. The number of nitrogens with zero attached hydrogens (tertiary/aromatic N) is 3. The second kappa shape index (κ2) is 6.68. The Kier molecular flexibility index (Phi) is 4.93. The van der Waals surface area contributed by atoms with Crippen LogP contribution in [0.5, 0.6) is 0 Å². The molecule has 1 aliphatic rings. The molecule has 1 unspecified atom stereocenters. The lowest BCUT2D eigenvalue weighted by Gasteiger charge is -2.30. The van der Waals surface area contributed by atoms with E-state index in [9.17, 15) is 4.79 Å². The number of nitrogens with one attached hydrogen (secondary N) is 1. The van der Waals surface area contributed by atoms with Gasteiger partial charge in [-0.3, -0.25) is 4.79 Å². The Bertz CT molecular complexity index is 438. The first-order valence-corrected chi connectivity index (χ1v) is 7.48. The van der Waals surface area contributed by atoms with Crippen LogP contribution in [0.2, 0.25) is 0 Å². The summed E-state index contributed by atoms with van der Waals surface area (Å²) in [5, 5.41) is 3.20. The molecule has 1 N–H and O–H groups in total. The highest BCUT2D eigenvalue weighted by Crippen LogP contribution is 2.18. The molecule has 1 aromatic rings. The van der Waals surface area contributed by atoms with Crippen molar-refractivity contribution >= 4 is 11.9 Å². The SMILES string of the molecule is CCC(C)Nc1ncc(C(=O)N2CCC(C)CC2)cn1. The molecule has 1 atom stereocenters. The molecule has 0 radical (unpaired) electrons. The predicted octanol–water partition coefficient (Wildman–Crippen LogP) is 2.56. The normalized spacial score (nSPS) is 17.9. The fourth-order valence-electron chi connectivity index (χ4n) is 2.23. The molecule has 1 saturated heterocycles.